The van der Waals surface area contributed by atoms with E-state index in [2.05, 4.69) is 0 Å². The Hall–Kier alpha value is -2.55. The lowest BCUT2D eigenvalue weighted by molar-refractivity contribution is 0.0693. The molecular weight excluding hydrogens is 366 g/mol. The van der Waals surface area contributed by atoms with E-state index in [1.807, 2.05) is 30.3 Å². The zero-order chi connectivity index (χ0) is 19.3. The molecule has 0 bridgehead atoms. The highest BCUT2D eigenvalue weighted by Gasteiger charge is 2.40. The Kier molecular flexibility index (Phi) is 4.14. The summed E-state index contributed by atoms with van der Waals surface area (Å²) in [5.74, 6) is -1.01. The van der Waals surface area contributed by atoms with Gasteiger partial charge in [0, 0.05) is 32.1 Å². The molecule has 0 aliphatic carbocycles. The number of sulfonamides is 1. The van der Waals surface area contributed by atoms with Gasteiger partial charge in [0.05, 0.1) is 16.0 Å². The van der Waals surface area contributed by atoms with E-state index in [1.54, 1.807) is 0 Å². The lowest BCUT2D eigenvalue weighted by Crippen LogP contribution is -2.32. The molecule has 2 aliphatic rings. The van der Waals surface area contributed by atoms with Gasteiger partial charge in [-0.2, -0.15) is 4.31 Å². The lowest BCUT2D eigenvalue weighted by atomic mass is 9.95. The van der Waals surface area contributed by atoms with Crippen molar-refractivity contribution < 1.29 is 18.0 Å². The normalized spacial score (nSPS) is 23.1. The molecule has 1 fully saturated rings. The molecule has 140 valence electrons. The minimum absolute atomic E-state index is 0.00129. The Bertz CT molecular complexity index is 1040. The quantitative estimate of drug-likeness (QED) is 0.796. The molecule has 2 heterocycles. The Morgan fingerprint density at radius 2 is 1.63 bits per heavy atom. The van der Waals surface area contributed by atoms with E-state index in [0.717, 1.165) is 10.5 Å². The first-order valence-corrected chi connectivity index (χ1v) is 10.0. The number of amides is 2. The molecule has 2 aromatic carbocycles. The predicted molar refractivity (Wildman–Crippen MR) is 98.8 cm³/mol. The zero-order valence-corrected chi connectivity index (χ0v) is 15.5. The van der Waals surface area contributed by atoms with Crippen LogP contribution in [0.2, 0.25) is 0 Å². The van der Waals surface area contributed by atoms with Crippen LogP contribution in [0.15, 0.2) is 53.4 Å². The van der Waals surface area contributed by atoms with Crippen molar-refractivity contribution in [2.75, 3.05) is 20.1 Å². The van der Waals surface area contributed by atoms with Crippen LogP contribution < -0.4 is 5.73 Å². The molecule has 0 unspecified atom stereocenters. The average Bonchev–Trinajstić information content (AvgIpc) is 3.17. The molecule has 0 aromatic heterocycles. The second kappa shape index (κ2) is 6.26. The monoisotopic (exact) mass is 385 g/mol. The topological polar surface area (TPSA) is 101 Å². The van der Waals surface area contributed by atoms with Gasteiger partial charge in [-0.05, 0) is 23.8 Å². The minimum Gasteiger partial charge on any atom is -0.326 e. The maximum atomic E-state index is 13.1. The van der Waals surface area contributed by atoms with Crippen LogP contribution in [0.1, 0.15) is 32.2 Å². The van der Waals surface area contributed by atoms with Gasteiger partial charge < -0.3 is 5.73 Å². The number of carbonyl (C=O) groups excluding carboxylic acids is 2. The molecule has 2 atom stereocenters. The Morgan fingerprint density at radius 3 is 2.33 bits per heavy atom. The second-order valence-electron chi connectivity index (χ2n) is 6.88. The summed E-state index contributed by atoms with van der Waals surface area (Å²) in [6, 6.07) is 13.3. The summed E-state index contributed by atoms with van der Waals surface area (Å²) >= 11 is 0. The fraction of sp³-hybridized carbons (Fsp3) is 0.263. The van der Waals surface area contributed by atoms with E-state index in [0.29, 0.717) is 0 Å². The van der Waals surface area contributed by atoms with Crippen molar-refractivity contribution in [1.82, 2.24) is 9.21 Å². The summed E-state index contributed by atoms with van der Waals surface area (Å²) in [7, 11) is -2.44. The molecular formula is C19H19N3O4S. The standard InChI is InChI=1S/C19H19N3O4S/c1-21-18(23)14-8-7-13(9-15(14)19(21)24)27(25,26)22-10-16(17(20)11-22)12-5-3-2-4-6-12/h2-9,16-17H,10-11,20H2,1H3/t16-,17+/m0/s1. The third-order valence-electron chi connectivity index (χ3n) is 5.26. The SMILES string of the molecule is CN1C(=O)c2ccc(S(=O)(=O)N3C[C@@H](N)[C@H](c4ccccc4)C3)cc2C1=O. The number of benzene rings is 2. The molecule has 1 saturated heterocycles. The molecule has 7 nitrogen and oxygen atoms in total. The number of hydrogen-bond donors (Lipinski definition) is 1. The molecule has 2 amide bonds. The first-order valence-electron chi connectivity index (χ1n) is 8.58. The van der Waals surface area contributed by atoms with Gasteiger partial charge in [-0.25, -0.2) is 8.42 Å². The van der Waals surface area contributed by atoms with Gasteiger partial charge in [-0.3, -0.25) is 14.5 Å². The van der Waals surface area contributed by atoms with Crippen molar-refractivity contribution >= 4 is 21.8 Å². The van der Waals surface area contributed by atoms with Crippen LogP contribution in [0.5, 0.6) is 0 Å². The summed E-state index contributed by atoms with van der Waals surface area (Å²) < 4.78 is 27.5. The lowest BCUT2D eigenvalue weighted by Gasteiger charge is -2.17. The van der Waals surface area contributed by atoms with Crippen molar-refractivity contribution in [1.29, 1.82) is 0 Å². The van der Waals surface area contributed by atoms with Crippen molar-refractivity contribution in [3.8, 4) is 0 Å². The number of hydrogen-bond acceptors (Lipinski definition) is 5. The highest BCUT2D eigenvalue weighted by Crippen LogP contribution is 2.32. The van der Waals surface area contributed by atoms with Crippen molar-refractivity contribution in [3.05, 3.63) is 65.2 Å². The highest BCUT2D eigenvalue weighted by molar-refractivity contribution is 7.89. The second-order valence-corrected chi connectivity index (χ2v) is 8.82. The molecule has 0 radical (unpaired) electrons. The predicted octanol–water partition coefficient (Wildman–Crippen LogP) is 1.03. The van der Waals surface area contributed by atoms with E-state index in [1.165, 1.54) is 29.6 Å². The minimum atomic E-state index is -3.82. The van der Waals surface area contributed by atoms with E-state index in [-0.39, 0.29) is 41.1 Å². The molecule has 8 heteroatoms. The van der Waals surface area contributed by atoms with E-state index in [9.17, 15) is 18.0 Å². The Balaban J connectivity index is 1.66. The summed E-state index contributed by atoms with van der Waals surface area (Å²) in [5, 5.41) is 0. The van der Waals surface area contributed by atoms with Crippen LogP contribution in [-0.4, -0.2) is 55.6 Å². The smallest absolute Gasteiger partial charge is 0.261 e. The van der Waals surface area contributed by atoms with Crippen LogP contribution in [0.3, 0.4) is 0 Å². The zero-order valence-electron chi connectivity index (χ0n) is 14.7. The van der Waals surface area contributed by atoms with Crippen molar-refractivity contribution in [2.45, 2.75) is 16.9 Å². The van der Waals surface area contributed by atoms with Crippen LogP contribution in [0, 0.1) is 0 Å². The molecule has 0 spiro atoms. The van der Waals surface area contributed by atoms with Crippen molar-refractivity contribution in [2.24, 2.45) is 5.73 Å². The third-order valence-corrected chi connectivity index (χ3v) is 7.09. The van der Waals surface area contributed by atoms with Crippen LogP contribution in [0.25, 0.3) is 0 Å². The molecule has 0 saturated carbocycles. The Labute approximate surface area is 157 Å². The molecule has 2 aliphatic heterocycles. The van der Waals surface area contributed by atoms with Crippen LogP contribution in [-0.2, 0) is 10.0 Å². The fourth-order valence-corrected chi connectivity index (χ4v) is 5.22. The number of nitrogens with two attached hydrogens (primary N) is 1. The van der Waals surface area contributed by atoms with Gasteiger partial charge in [-0.15, -0.1) is 0 Å². The first-order chi connectivity index (χ1) is 12.8. The van der Waals surface area contributed by atoms with Gasteiger partial charge in [-0.1, -0.05) is 30.3 Å². The number of carbonyl (C=O) groups is 2. The molecule has 2 aromatic rings. The maximum Gasteiger partial charge on any atom is 0.261 e. The van der Waals surface area contributed by atoms with Gasteiger partial charge in [0.1, 0.15) is 0 Å². The number of imide groups is 1. The highest BCUT2D eigenvalue weighted by atomic mass is 32.2. The summed E-state index contributed by atoms with van der Waals surface area (Å²) in [4.78, 5) is 25.2. The summed E-state index contributed by atoms with van der Waals surface area (Å²) in [6.07, 6.45) is 0. The molecule has 27 heavy (non-hydrogen) atoms. The maximum absolute atomic E-state index is 13.1. The van der Waals surface area contributed by atoms with Crippen LogP contribution in [0.4, 0.5) is 0 Å². The fourth-order valence-electron chi connectivity index (χ4n) is 3.69. The number of rotatable bonds is 3. The molecule has 4 rings (SSSR count). The summed E-state index contributed by atoms with van der Waals surface area (Å²) in [6.45, 7) is 0.475. The number of fused-ring (bicyclic) bond motifs is 1. The third kappa shape index (κ3) is 2.77. The van der Waals surface area contributed by atoms with Gasteiger partial charge >= 0.3 is 0 Å². The first kappa shape index (κ1) is 17.8. The van der Waals surface area contributed by atoms with E-state index in [4.69, 9.17) is 5.73 Å². The average molecular weight is 385 g/mol. The summed E-state index contributed by atoms with van der Waals surface area (Å²) in [5.41, 5.74) is 7.55. The van der Waals surface area contributed by atoms with Gasteiger partial charge in [0.15, 0.2) is 0 Å². The van der Waals surface area contributed by atoms with E-state index >= 15 is 0 Å². The largest absolute Gasteiger partial charge is 0.326 e. The van der Waals surface area contributed by atoms with Crippen LogP contribution >= 0.6 is 0 Å². The van der Waals surface area contributed by atoms with Crippen molar-refractivity contribution in [3.63, 3.8) is 0 Å². The van der Waals surface area contributed by atoms with Gasteiger partial charge in [0.2, 0.25) is 10.0 Å². The van der Waals surface area contributed by atoms with Gasteiger partial charge in [0.25, 0.3) is 11.8 Å². The Morgan fingerprint density at radius 1 is 0.963 bits per heavy atom. The molecule has 2 N–H and O–H groups in total. The van der Waals surface area contributed by atoms with E-state index < -0.39 is 21.8 Å². The number of nitrogens with zero attached hydrogens (tertiary/aromatic N) is 2.